The Labute approximate surface area is 205 Å². The summed E-state index contributed by atoms with van der Waals surface area (Å²) in [6.45, 7) is 7.38. The van der Waals surface area contributed by atoms with E-state index in [2.05, 4.69) is 98.1 Å². The molecule has 5 aromatic rings. The summed E-state index contributed by atoms with van der Waals surface area (Å²) in [6, 6.07) is 38.6. The highest BCUT2D eigenvalue weighted by Crippen LogP contribution is 2.57. The first-order valence-electron chi connectivity index (χ1n) is 11.7. The van der Waals surface area contributed by atoms with Gasteiger partial charge in [-0.3, -0.25) is 0 Å². The van der Waals surface area contributed by atoms with Crippen molar-refractivity contribution < 1.29 is 9.47 Å². The van der Waals surface area contributed by atoms with Gasteiger partial charge in [0.25, 0.3) is 0 Å². The Hall–Kier alpha value is -4.56. The summed E-state index contributed by atoms with van der Waals surface area (Å²) in [5.41, 5.74) is 6.94. The zero-order valence-electron chi connectivity index (χ0n) is 19.3. The first-order chi connectivity index (χ1) is 17.3. The molecular formula is C33H24O2. The van der Waals surface area contributed by atoms with Gasteiger partial charge in [-0.05, 0) is 68.4 Å². The van der Waals surface area contributed by atoms with Crippen molar-refractivity contribution >= 4 is 10.8 Å². The molecule has 0 N–H and O–H groups in total. The Balaban J connectivity index is 1.72. The molecule has 0 spiro atoms. The fourth-order valence-corrected chi connectivity index (χ4v) is 5.60. The highest BCUT2D eigenvalue weighted by atomic mass is 16.5. The minimum absolute atomic E-state index is 0.491. The van der Waals surface area contributed by atoms with Gasteiger partial charge in [0.1, 0.15) is 11.5 Å². The number of rotatable bonds is 6. The predicted octanol–water partition coefficient (Wildman–Crippen LogP) is 8.25. The molecule has 0 saturated carbocycles. The SMILES string of the molecule is C=COc1ccc(C2(c3ccc(OC=C)cc3)c3ccccc3-c3c2ccc2ccccc32)cc1. The lowest BCUT2D eigenvalue weighted by Gasteiger charge is -2.34. The standard InChI is InChI=1S/C33H24O2/c1-3-34-26-18-14-24(15-19-26)33(25-16-20-27(21-17-25)35-4-2)30-12-8-7-11-29(30)32-28-10-6-5-9-23(28)13-22-31(32)33/h3-22H,1-2H2. The predicted molar refractivity (Wildman–Crippen MR) is 143 cm³/mol. The zero-order chi connectivity index (χ0) is 23.8. The summed E-state index contributed by atoms with van der Waals surface area (Å²) < 4.78 is 11.1. The van der Waals surface area contributed by atoms with Crippen molar-refractivity contribution in [2.24, 2.45) is 0 Å². The Morgan fingerprint density at radius 1 is 0.543 bits per heavy atom. The summed E-state index contributed by atoms with van der Waals surface area (Å²) >= 11 is 0. The molecule has 168 valence electrons. The molecule has 0 aliphatic heterocycles. The Morgan fingerprint density at radius 2 is 1.11 bits per heavy atom. The molecule has 0 saturated heterocycles. The van der Waals surface area contributed by atoms with Gasteiger partial charge in [-0.25, -0.2) is 0 Å². The van der Waals surface area contributed by atoms with Crippen LogP contribution in [0.5, 0.6) is 11.5 Å². The molecule has 2 heteroatoms. The van der Waals surface area contributed by atoms with Gasteiger partial charge < -0.3 is 9.47 Å². The van der Waals surface area contributed by atoms with E-state index in [0.29, 0.717) is 0 Å². The van der Waals surface area contributed by atoms with E-state index in [0.717, 1.165) is 11.5 Å². The highest BCUT2D eigenvalue weighted by Gasteiger charge is 2.46. The summed E-state index contributed by atoms with van der Waals surface area (Å²) in [6.07, 6.45) is 2.91. The largest absolute Gasteiger partial charge is 0.466 e. The molecule has 1 aliphatic rings. The number of hydrogen-bond donors (Lipinski definition) is 0. The average molecular weight is 453 g/mol. The van der Waals surface area contributed by atoms with Crippen LogP contribution in [0.1, 0.15) is 22.3 Å². The Kier molecular flexibility index (Phi) is 5.00. The van der Waals surface area contributed by atoms with Crippen molar-refractivity contribution in [1.82, 2.24) is 0 Å². The second-order valence-corrected chi connectivity index (χ2v) is 8.62. The molecule has 35 heavy (non-hydrogen) atoms. The van der Waals surface area contributed by atoms with Crippen LogP contribution in [0.3, 0.4) is 0 Å². The minimum atomic E-state index is -0.491. The number of ether oxygens (including phenoxy) is 2. The lowest BCUT2D eigenvalue weighted by molar-refractivity contribution is 0.482. The van der Waals surface area contributed by atoms with Crippen LogP contribution in [0, 0.1) is 0 Å². The quantitative estimate of drug-likeness (QED) is 0.237. The van der Waals surface area contributed by atoms with E-state index < -0.39 is 5.41 Å². The van der Waals surface area contributed by atoms with Crippen LogP contribution in [0.4, 0.5) is 0 Å². The van der Waals surface area contributed by atoms with Gasteiger partial charge in [0, 0.05) is 0 Å². The first-order valence-corrected chi connectivity index (χ1v) is 11.7. The van der Waals surface area contributed by atoms with Crippen molar-refractivity contribution in [1.29, 1.82) is 0 Å². The van der Waals surface area contributed by atoms with Gasteiger partial charge in [0.05, 0.1) is 17.9 Å². The lowest BCUT2D eigenvalue weighted by Crippen LogP contribution is -2.28. The van der Waals surface area contributed by atoms with Crippen molar-refractivity contribution in [3.05, 3.63) is 157 Å². The van der Waals surface area contributed by atoms with Crippen LogP contribution in [0.25, 0.3) is 21.9 Å². The van der Waals surface area contributed by atoms with Gasteiger partial charge in [-0.1, -0.05) is 98.1 Å². The smallest absolute Gasteiger partial charge is 0.126 e. The molecule has 0 fully saturated rings. The lowest BCUT2D eigenvalue weighted by atomic mass is 9.67. The van der Waals surface area contributed by atoms with Crippen molar-refractivity contribution in [2.75, 3.05) is 0 Å². The third-order valence-electron chi connectivity index (χ3n) is 6.95. The highest BCUT2D eigenvalue weighted by molar-refractivity contribution is 6.04. The van der Waals surface area contributed by atoms with E-state index in [1.165, 1.54) is 56.7 Å². The molecule has 0 atom stereocenters. The summed E-state index contributed by atoms with van der Waals surface area (Å²) in [4.78, 5) is 0. The van der Waals surface area contributed by atoms with Crippen molar-refractivity contribution in [3.63, 3.8) is 0 Å². The third-order valence-corrected chi connectivity index (χ3v) is 6.95. The van der Waals surface area contributed by atoms with E-state index >= 15 is 0 Å². The van der Waals surface area contributed by atoms with Crippen LogP contribution in [0.15, 0.2) is 135 Å². The third kappa shape index (κ3) is 3.11. The molecular weight excluding hydrogens is 428 g/mol. The number of fused-ring (bicyclic) bond motifs is 5. The molecule has 0 amide bonds. The molecule has 0 bridgehead atoms. The maximum absolute atomic E-state index is 5.54. The van der Waals surface area contributed by atoms with Gasteiger partial charge >= 0.3 is 0 Å². The molecule has 5 aromatic carbocycles. The summed E-state index contributed by atoms with van der Waals surface area (Å²) in [5, 5.41) is 2.50. The average Bonchev–Trinajstić information content (AvgIpc) is 3.22. The van der Waals surface area contributed by atoms with Gasteiger partial charge in [0.15, 0.2) is 0 Å². The fraction of sp³-hybridized carbons (Fsp3) is 0.0303. The fourth-order valence-electron chi connectivity index (χ4n) is 5.60. The van der Waals surface area contributed by atoms with E-state index in [1.54, 1.807) is 0 Å². The minimum Gasteiger partial charge on any atom is -0.466 e. The van der Waals surface area contributed by atoms with E-state index in [9.17, 15) is 0 Å². The molecule has 0 radical (unpaired) electrons. The molecule has 2 nitrogen and oxygen atoms in total. The molecule has 0 aromatic heterocycles. The van der Waals surface area contributed by atoms with Crippen LogP contribution in [-0.4, -0.2) is 0 Å². The molecule has 6 rings (SSSR count). The maximum Gasteiger partial charge on any atom is 0.126 e. The number of benzene rings is 5. The van der Waals surface area contributed by atoms with E-state index in [1.807, 2.05) is 24.3 Å². The Morgan fingerprint density at radius 3 is 1.74 bits per heavy atom. The number of hydrogen-bond acceptors (Lipinski definition) is 2. The van der Waals surface area contributed by atoms with Crippen LogP contribution < -0.4 is 9.47 Å². The van der Waals surface area contributed by atoms with Crippen LogP contribution in [-0.2, 0) is 5.41 Å². The maximum atomic E-state index is 5.54. The van der Waals surface area contributed by atoms with E-state index in [-0.39, 0.29) is 0 Å². The van der Waals surface area contributed by atoms with E-state index in [4.69, 9.17) is 9.47 Å². The second-order valence-electron chi connectivity index (χ2n) is 8.62. The normalized spacial score (nSPS) is 13.0. The molecule has 0 heterocycles. The second kappa shape index (κ2) is 8.34. The van der Waals surface area contributed by atoms with Crippen LogP contribution >= 0.6 is 0 Å². The topological polar surface area (TPSA) is 18.5 Å². The van der Waals surface area contributed by atoms with Crippen LogP contribution in [0.2, 0.25) is 0 Å². The molecule has 0 unspecified atom stereocenters. The monoisotopic (exact) mass is 452 g/mol. The first kappa shape index (κ1) is 21.0. The van der Waals surface area contributed by atoms with Gasteiger partial charge in [-0.15, -0.1) is 0 Å². The van der Waals surface area contributed by atoms with Gasteiger partial charge in [-0.2, -0.15) is 0 Å². The Bertz CT molecular complexity index is 1510. The summed E-state index contributed by atoms with van der Waals surface area (Å²) in [7, 11) is 0. The zero-order valence-corrected chi connectivity index (χ0v) is 19.3. The van der Waals surface area contributed by atoms with Gasteiger partial charge in [0.2, 0.25) is 0 Å². The van der Waals surface area contributed by atoms with Crippen molar-refractivity contribution in [2.45, 2.75) is 5.41 Å². The molecule has 1 aliphatic carbocycles. The summed E-state index contributed by atoms with van der Waals surface area (Å²) in [5.74, 6) is 1.53. The van der Waals surface area contributed by atoms with Crippen molar-refractivity contribution in [3.8, 4) is 22.6 Å².